The van der Waals surface area contributed by atoms with Crippen molar-refractivity contribution in [2.75, 3.05) is 0 Å². The van der Waals surface area contributed by atoms with E-state index in [-0.39, 0.29) is 49.6 Å². The summed E-state index contributed by atoms with van der Waals surface area (Å²) in [4.78, 5) is 0. The molecule has 0 aromatic heterocycles. The van der Waals surface area contributed by atoms with Gasteiger partial charge in [0.2, 0.25) is 0 Å². The molecule has 5 aliphatic rings. The Balaban J connectivity index is 0.00000232. The number of hydrogen-bond donors (Lipinski definition) is 0. The zero-order valence-electron chi connectivity index (χ0n) is 31.7. The maximum absolute atomic E-state index is 2.98. The SMILES string of the molecule is CC12C(=C3Cc4ccccc4C3=C3C=CCCC31)[C](C)([Zr+2](=[C](c1ccc(I)cc1)c1ccc(I)cc1)[CH]1C=CC=C1)C(C)(C)C(C)(C)C2(C)C.[Cl-].[Cl-]. The monoisotopic (exact) mass is 1030 g/mol. The number of benzene rings is 3. The molecule has 5 aliphatic carbocycles. The van der Waals surface area contributed by atoms with Crippen molar-refractivity contribution in [1.29, 1.82) is 0 Å². The van der Waals surface area contributed by atoms with Crippen LogP contribution in [0.3, 0.4) is 0 Å². The molecule has 8 rings (SSSR count). The van der Waals surface area contributed by atoms with Crippen LogP contribution in [0.2, 0.25) is 6.75 Å². The molecule has 5 heteroatoms. The van der Waals surface area contributed by atoms with E-state index in [9.17, 15) is 0 Å². The van der Waals surface area contributed by atoms with Crippen molar-refractivity contribution in [3.05, 3.63) is 155 Å². The summed E-state index contributed by atoms with van der Waals surface area (Å²) < 4.78 is 4.73. The van der Waals surface area contributed by atoms with E-state index in [4.69, 9.17) is 0 Å². The number of allylic oxidation sites excluding steroid dienone is 10. The molecule has 0 saturated heterocycles. The third-order valence-corrected chi connectivity index (χ3v) is 27.0. The summed E-state index contributed by atoms with van der Waals surface area (Å²) in [7, 11) is 0. The van der Waals surface area contributed by atoms with Crippen molar-refractivity contribution in [3.63, 3.8) is 0 Å². The molecule has 1 saturated carbocycles. The predicted molar refractivity (Wildman–Crippen MR) is 227 cm³/mol. The van der Waals surface area contributed by atoms with Gasteiger partial charge in [0.15, 0.2) is 0 Å². The summed E-state index contributed by atoms with van der Waals surface area (Å²) >= 11 is 1.98. The van der Waals surface area contributed by atoms with E-state index >= 15 is 0 Å². The first-order valence-corrected chi connectivity index (χ1v) is 24.6. The third kappa shape index (κ3) is 5.48. The average molecular weight is 1030 g/mol. The van der Waals surface area contributed by atoms with Crippen LogP contribution < -0.4 is 24.8 Å². The van der Waals surface area contributed by atoms with E-state index < -0.39 is 21.3 Å². The minimum absolute atomic E-state index is 0. The van der Waals surface area contributed by atoms with Crippen LogP contribution in [-0.2, 0) is 27.7 Å². The molecular weight excluding hydrogens is 980 g/mol. The van der Waals surface area contributed by atoms with Gasteiger partial charge in [-0.3, -0.25) is 0 Å². The summed E-state index contributed by atoms with van der Waals surface area (Å²) in [6.07, 6.45) is 18.4. The Bertz CT molecular complexity index is 2050. The minimum Gasteiger partial charge on any atom is -1.00 e. The molecular formula is C47H50Cl2I2Zr. The van der Waals surface area contributed by atoms with Gasteiger partial charge in [-0.15, -0.1) is 0 Å². The summed E-state index contributed by atoms with van der Waals surface area (Å²) in [6.45, 7) is 21.6. The van der Waals surface area contributed by atoms with Crippen LogP contribution in [0.15, 0.2) is 126 Å². The smallest absolute Gasteiger partial charge is 1.00 e. The molecule has 0 amide bonds. The van der Waals surface area contributed by atoms with Crippen molar-refractivity contribution in [3.8, 4) is 0 Å². The average Bonchev–Trinajstić information content (AvgIpc) is 3.76. The zero-order chi connectivity index (χ0) is 35.4. The van der Waals surface area contributed by atoms with Crippen LogP contribution in [0.25, 0.3) is 5.57 Å². The first-order chi connectivity index (χ1) is 23.7. The molecule has 0 N–H and O–H groups in total. The maximum Gasteiger partial charge on any atom is -1.00 e. The van der Waals surface area contributed by atoms with Gasteiger partial charge in [0, 0.05) is 0 Å². The first kappa shape index (κ1) is 40.8. The number of hydrogen-bond acceptors (Lipinski definition) is 0. The predicted octanol–water partition coefficient (Wildman–Crippen LogP) is 7.57. The van der Waals surface area contributed by atoms with E-state index in [0.29, 0.717) is 9.54 Å². The number of rotatable bonds is 4. The van der Waals surface area contributed by atoms with Gasteiger partial charge >= 0.3 is 340 Å². The van der Waals surface area contributed by atoms with Crippen LogP contribution in [0.4, 0.5) is 0 Å². The largest absolute Gasteiger partial charge is 1.00 e. The van der Waals surface area contributed by atoms with Gasteiger partial charge < -0.3 is 24.8 Å². The number of fused-ring (bicyclic) bond motifs is 6. The quantitative estimate of drug-likeness (QED) is 0.237. The van der Waals surface area contributed by atoms with Crippen molar-refractivity contribution in [2.24, 2.45) is 27.6 Å². The summed E-state index contributed by atoms with van der Waals surface area (Å²) in [5, 5.41) is 0. The minimum atomic E-state index is -2.98. The van der Waals surface area contributed by atoms with Crippen molar-refractivity contribution in [2.45, 2.75) is 81.4 Å². The Kier molecular flexibility index (Phi) is 11.2. The van der Waals surface area contributed by atoms with Crippen LogP contribution in [0.5, 0.6) is 0 Å². The van der Waals surface area contributed by atoms with Crippen molar-refractivity contribution >= 4 is 54.0 Å². The molecule has 1 fully saturated rings. The Labute approximate surface area is 360 Å². The fourth-order valence-corrected chi connectivity index (χ4v) is 23.8. The van der Waals surface area contributed by atoms with Gasteiger partial charge in [-0.05, 0) is 0 Å². The molecule has 0 spiro atoms. The molecule has 0 nitrogen and oxygen atoms in total. The van der Waals surface area contributed by atoms with Gasteiger partial charge in [0.1, 0.15) is 0 Å². The molecule has 3 unspecified atom stereocenters. The van der Waals surface area contributed by atoms with Crippen LogP contribution in [0.1, 0.15) is 90.5 Å². The second-order valence-electron chi connectivity index (χ2n) is 17.4. The van der Waals surface area contributed by atoms with Crippen molar-refractivity contribution < 1.29 is 46.1 Å². The fraction of sp³-hybridized carbons (Fsp3) is 0.383. The van der Waals surface area contributed by atoms with Gasteiger partial charge in [0.05, 0.1) is 0 Å². The van der Waals surface area contributed by atoms with Crippen LogP contribution >= 0.6 is 45.2 Å². The van der Waals surface area contributed by atoms with E-state index in [1.165, 1.54) is 42.2 Å². The topological polar surface area (TPSA) is 0 Å². The molecule has 0 aliphatic heterocycles. The van der Waals surface area contributed by atoms with E-state index in [1.807, 2.05) is 5.57 Å². The Hall–Kier alpha value is -0.847. The molecule has 3 aromatic carbocycles. The normalized spacial score (nSPS) is 27.1. The summed E-state index contributed by atoms with van der Waals surface area (Å²) in [6, 6.07) is 28.6. The van der Waals surface area contributed by atoms with Gasteiger partial charge in [0.25, 0.3) is 0 Å². The zero-order valence-corrected chi connectivity index (χ0v) is 40.0. The molecule has 0 radical (unpaired) electrons. The van der Waals surface area contributed by atoms with Gasteiger partial charge in [-0.2, -0.15) is 0 Å². The molecule has 0 bridgehead atoms. The Morgan fingerprint density at radius 3 is 1.83 bits per heavy atom. The third-order valence-electron chi connectivity index (χ3n) is 15.4. The van der Waals surface area contributed by atoms with Crippen LogP contribution in [0, 0.1) is 34.7 Å². The summed E-state index contributed by atoms with van der Waals surface area (Å²) in [5.74, 6) is 0.497. The van der Waals surface area contributed by atoms with Gasteiger partial charge in [-0.25, -0.2) is 0 Å². The maximum atomic E-state index is 2.82. The Morgan fingerprint density at radius 2 is 1.25 bits per heavy atom. The molecule has 3 aromatic rings. The molecule has 52 heavy (non-hydrogen) atoms. The standard InChI is InChI=1S/C29H37.C13H8I2.C5H5.2ClH.Zr/c1-18-25-22-17-19-13-9-10-14-20(19)24(22)21-15-11-12-16-23(21)29(25,8)28(6,7)27(4,5)26(18,2)3;14-12-5-1-10(2-6-12)9-11-3-7-13(15)8-4-11;1-2-4-5-3-1;;;/h9-11,13-15,23H,12,16-17H2,1-8H3;1-8H;1-5H;2*1H;/q;;;;;+2/p-2. The Morgan fingerprint density at radius 1 is 0.692 bits per heavy atom. The molecule has 0 heterocycles. The summed E-state index contributed by atoms with van der Waals surface area (Å²) in [5.41, 5.74) is 12.7. The van der Waals surface area contributed by atoms with Gasteiger partial charge in [-0.1, -0.05) is 0 Å². The molecule has 3 atom stereocenters. The van der Waals surface area contributed by atoms with Crippen molar-refractivity contribution in [1.82, 2.24) is 0 Å². The van der Waals surface area contributed by atoms with E-state index in [1.54, 1.807) is 19.9 Å². The fourth-order valence-electron chi connectivity index (χ4n) is 11.5. The first-order valence-electron chi connectivity index (χ1n) is 18.5. The second kappa shape index (κ2) is 14.3. The second-order valence-corrected chi connectivity index (χ2v) is 27.2. The van der Waals surface area contributed by atoms with Crippen LogP contribution in [-0.4, -0.2) is 3.21 Å². The molecule has 270 valence electrons. The van der Waals surface area contributed by atoms with E-state index in [0.717, 1.165) is 6.42 Å². The van der Waals surface area contributed by atoms with E-state index in [2.05, 4.69) is 210 Å². The number of halogens is 4.